The maximum atomic E-state index is 12.7. The predicted molar refractivity (Wildman–Crippen MR) is 89.5 cm³/mol. The number of nitrogens with one attached hydrogen (secondary N) is 1. The minimum absolute atomic E-state index is 0.0336. The number of hydrogen-bond acceptors (Lipinski definition) is 3. The first kappa shape index (κ1) is 15.1. The summed E-state index contributed by atoms with van der Waals surface area (Å²) in [5, 5.41) is 7.84. The van der Waals surface area contributed by atoms with Gasteiger partial charge in [-0.2, -0.15) is 5.10 Å². The predicted octanol–water partition coefficient (Wildman–Crippen LogP) is 3.23. The molecular weight excluding hydrogens is 290 g/mol. The molecule has 5 nitrogen and oxygen atoms in total. The van der Waals surface area contributed by atoms with Crippen LogP contribution in [0.1, 0.15) is 22.8 Å². The Bertz CT molecular complexity index is 809. The van der Waals surface area contributed by atoms with E-state index in [2.05, 4.69) is 10.2 Å². The number of ether oxygens (including phenoxy) is 1. The monoisotopic (exact) mass is 309 g/mol. The lowest BCUT2D eigenvalue weighted by Gasteiger charge is -2.18. The number of carbonyl (C=O) groups is 1. The van der Waals surface area contributed by atoms with Crippen LogP contribution in [0.3, 0.4) is 0 Å². The fourth-order valence-corrected chi connectivity index (χ4v) is 2.56. The highest BCUT2D eigenvalue weighted by atomic mass is 16.5. The number of para-hydroxylation sites is 1. The molecule has 0 saturated heterocycles. The Labute approximate surface area is 134 Å². The minimum Gasteiger partial charge on any atom is -0.494 e. The van der Waals surface area contributed by atoms with Gasteiger partial charge in [-0.3, -0.25) is 9.89 Å². The van der Waals surface area contributed by atoms with E-state index in [9.17, 15) is 4.79 Å². The Hall–Kier alpha value is -2.82. The number of H-pyrrole nitrogens is 1. The molecule has 1 amide bonds. The molecule has 0 spiro atoms. The van der Waals surface area contributed by atoms with Crippen LogP contribution in [0.4, 0.5) is 0 Å². The molecule has 23 heavy (non-hydrogen) atoms. The van der Waals surface area contributed by atoms with Gasteiger partial charge < -0.3 is 9.64 Å². The van der Waals surface area contributed by atoms with Crippen LogP contribution >= 0.6 is 0 Å². The van der Waals surface area contributed by atoms with E-state index in [-0.39, 0.29) is 5.91 Å². The summed E-state index contributed by atoms with van der Waals surface area (Å²) in [4.78, 5) is 14.4. The summed E-state index contributed by atoms with van der Waals surface area (Å²) >= 11 is 0. The van der Waals surface area contributed by atoms with Gasteiger partial charge in [0.15, 0.2) is 0 Å². The van der Waals surface area contributed by atoms with Gasteiger partial charge in [-0.1, -0.05) is 24.3 Å². The molecule has 0 fully saturated rings. The summed E-state index contributed by atoms with van der Waals surface area (Å²) in [5.41, 5.74) is 2.46. The highest BCUT2D eigenvalue weighted by molar-refractivity contribution is 6.05. The normalized spacial score (nSPS) is 10.7. The summed E-state index contributed by atoms with van der Waals surface area (Å²) in [6.07, 6.45) is 1.72. The average Bonchev–Trinajstić information content (AvgIpc) is 3.05. The lowest BCUT2D eigenvalue weighted by Crippen LogP contribution is -2.26. The zero-order valence-electron chi connectivity index (χ0n) is 13.2. The van der Waals surface area contributed by atoms with Crippen molar-refractivity contribution in [2.75, 3.05) is 13.7 Å². The minimum atomic E-state index is -0.0336. The van der Waals surface area contributed by atoms with Crippen molar-refractivity contribution >= 4 is 16.8 Å². The summed E-state index contributed by atoms with van der Waals surface area (Å²) < 4.78 is 5.43. The second-order valence-electron chi connectivity index (χ2n) is 5.38. The van der Waals surface area contributed by atoms with E-state index in [0.29, 0.717) is 18.7 Å². The van der Waals surface area contributed by atoms with Gasteiger partial charge >= 0.3 is 0 Å². The molecule has 0 radical (unpaired) electrons. The largest absolute Gasteiger partial charge is 0.494 e. The zero-order chi connectivity index (χ0) is 16.2. The molecule has 1 aromatic heterocycles. The second kappa shape index (κ2) is 6.52. The summed E-state index contributed by atoms with van der Waals surface area (Å²) in [5.74, 6) is 0.807. The van der Waals surface area contributed by atoms with Gasteiger partial charge in [-0.15, -0.1) is 0 Å². The van der Waals surface area contributed by atoms with E-state index >= 15 is 0 Å². The molecule has 0 saturated carbocycles. The van der Waals surface area contributed by atoms with Crippen molar-refractivity contribution < 1.29 is 9.53 Å². The molecule has 5 heteroatoms. The first-order valence-electron chi connectivity index (χ1n) is 7.58. The number of nitrogens with zero attached hydrogens (tertiary/aromatic N) is 2. The van der Waals surface area contributed by atoms with Crippen LogP contribution in [0.15, 0.2) is 48.7 Å². The smallest absolute Gasteiger partial charge is 0.256 e. The fraction of sp³-hybridized carbons (Fsp3) is 0.222. The Kier molecular flexibility index (Phi) is 4.28. The van der Waals surface area contributed by atoms with Gasteiger partial charge in [0.25, 0.3) is 5.91 Å². The van der Waals surface area contributed by atoms with E-state index in [0.717, 1.165) is 22.2 Å². The number of amides is 1. The van der Waals surface area contributed by atoms with Gasteiger partial charge in [-0.25, -0.2) is 0 Å². The van der Waals surface area contributed by atoms with Crippen molar-refractivity contribution in [3.05, 3.63) is 59.8 Å². The van der Waals surface area contributed by atoms with Crippen molar-refractivity contribution in [1.29, 1.82) is 0 Å². The van der Waals surface area contributed by atoms with Gasteiger partial charge in [-0.05, 0) is 30.7 Å². The average molecular weight is 309 g/mol. The Morgan fingerprint density at radius 2 is 2.00 bits per heavy atom. The van der Waals surface area contributed by atoms with E-state index < -0.39 is 0 Å². The lowest BCUT2D eigenvalue weighted by atomic mass is 10.1. The fourth-order valence-electron chi connectivity index (χ4n) is 2.56. The number of rotatable bonds is 5. The van der Waals surface area contributed by atoms with Crippen LogP contribution < -0.4 is 4.74 Å². The molecule has 0 aliphatic heterocycles. The number of aromatic nitrogens is 2. The summed E-state index contributed by atoms with van der Waals surface area (Å²) in [7, 11) is 1.80. The maximum Gasteiger partial charge on any atom is 0.256 e. The first-order valence-corrected chi connectivity index (χ1v) is 7.58. The van der Waals surface area contributed by atoms with Crippen LogP contribution in [0.2, 0.25) is 0 Å². The van der Waals surface area contributed by atoms with Crippen molar-refractivity contribution in [3.8, 4) is 5.75 Å². The second-order valence-corrected chi connectivity index (χ2v) is 5.38. The molecule has 0 aliphatic rings. The number of fused-ring (bicyclic) bond motifs is 1. The van der Waals surface area contributed by atoms with Gasteiger partial charge in [0, 0.05) is 19.0 Å². The van der Waals surface area contributed by atoms with Crippen LogP contribution in [-0.4, -0.2) is 34.7 Å². The van der Waals surface area contributed by atoms with Crippen LogP contribution in [-0.2, 0) is 6.54 Å². The Balaban J connectivity index is 1.76. The molecule has 1 heterocycles. The van der Waals surface area contributed by atoms with Crippen LogP contribution in [0.5, 0.6) is 5.75 Å². The van der Waals surface area contributed by atoms with Crippen LogP contribution in [0, 0.1) is 0 Å². The van der Waals surface area contributed by atoms with Crippen LogP contribution in [0.25, 0.3) is 10.9 Å². The Morgan fingerprint density at radius 1 is 1.22 bits per heavy atom. The Morgan fingerprint density at radius 3 is 2.74 bits per heavy atom. The van der Waals surface area contributed by atoms with E-state index in [1.54, 1.807) is 18.1 Å². The SMILES string of the molecule is CCOc1ccc(CN(C)C(=O)c2cccc3cn[nH]c23)cc1. The third-order valence-corrected chi connectivity index (χ3v) is 3.71. The van der Waals surface area contributed by atoms with Crippen molar-refractivity contribution in [2.45, 2.75) is 13.5 Å². The zero-order valence-corrected chi connectivity index (χ0v) is 13.2. The van der Waals surface area contributed by atoms with Gasteiger partial charge in [0.05, 0.1) is 23.9 Å². The van der Waals surface area contributed by atoms with Crippen molar-refractivity contribution in [1.82, 2.24) is 15.1 Å². The van der Waals surface area contributed by atoms with Gasteiger partial charge in [0.2, 0.25) is 0 Å². The molecule has 3 rings (SSSR count). The first-order chi connectivity index (χ1) is 11.2. The molecule has 118 valence electrons. The summed E-state index contributed by atoms with van der Waals surface area (Å²) in [6, 6.07) is 13.4. The van der Waals surface area contributed by atoms with E-state index in [1.165, 1.54) is 0 Å². The number of benzene rings is 2. The van der Waals surface area contributed by atoms with E-state index in [4.69, 9.17) is 4.74 Å². The summed E-state index contributed by atoms with van der Waals surface area (Å²) in [6.45, 7) is 3.14. The van der Waals surface area contributed by atoms with E-state index in [1.807, 2.05) is 49.4 Å². The molecule has 0 unspecified atom stereocenters. The lowest BCUT2D eigenvalue weighted by molar-refractivity contribution is 0.0787. The standard InChI is InChI=1S/C18H19N3O2/c1-3-23-15-9-7-13(8-10-15)12-21(2)18(22)16-6-4-5-14-11-19-20-17(14)16/h4-11H,3,12H2,1-2H3,(H,19,20). The maximum absolute atomic E-state index is 12.7. The molecule has 0 bridgehead atoms. The highest BCUT2D eigenvalue weighted by Crippen LogP contribution is 2.19. The molecule has 0 atom stereocenters. The molecule has 1 N–H and O–H groups in total. The molecule has 0 aliphatic carbocycles. The topological polar surface area (TPSA) is 58.2 Å². The highest BCUT2D eigenvalue weighted by Gasteiger charge is 2.16. The van der Waals surface area contributed by atoms with Crippen molar-refractivity contribution in [2.24, 2.45) is 0 Å². The number of carbonyl (C=O) groups excluding carboxylic acids is 1. The third kappa shape index (κ3) is 3.18. The molecular formula is C18H19N3O2. The van der Waals surface area contributed by atoms with Crippen molar-refractivity contribution in [3.63, 3.8) is 0 Å². The number of aromatic amines is 1. The van der Waals surface area contributed by atoms with Gasteiger partial charge in [0.1, 0.15) is 5.75 Å². The number of hydrogen-bond donors (Lipinski definition) is 1. The quantitative estimate of drug-likeness (QED) is 0.787. The third-order valence-electron chi connectivity index (χ3n) is 3.71. The molecule has 2 aromatic carbocycles. The molecule has 3 aromatic rings.